The van der Waals surface area contributed by atoms with Gasteiger partial charge < -0.3 is 25.0 Å². The van der Waals surface area contributed by atoms with Crippen LogP contribution < -0.4 is 20.1 Å². The normalized spacial score (nSPS) is 10.9. The first kappa shape index (κ1) is 26.2. The number of nitrogens with one attached hydrogen (secondary N) is 2. The third-order valence-electron chi connectivity index (χ3n) is 5.10. The lowest BCUT2D eigenvalue weighted by Crippen LogP contribution is -2.27. The van der Waals surface area contributed by atoms with Crippen LogP contribution in [0.25, 0.3) is 0 Å². The van der Waals surface area contributed by atoms with E-state index < -0.39 is 0 Å². The summed E-state index contributed by atoms with van der Waals surface area (Å²) in [6, 6.07) is 11.6. The third kappa shape index (κ3) is 8.81. The van der Waals surface area contributed by atoms with Crippen LogP contribution in [0.3, 0.4) is 0 Å². The van der Waals surface area contributed by atoms with Crippen LogP contribution in [-0.2, 0) is 11.3 Å². The lowest BCUT2D eigenvalue weighted by atomic mass is 10.2. The highest BCUT2D eigenvalue weighted by Gasteiger charge is 2.14. The van der Waals surface area contributed by atoms with Crippen LogP contribution in [0.5, 0.6) is 11.5 Å². The maximum Gasteiger partial charge on any atom is 0.262 e. The Kier molecular flexibility index (Phi) is 11.6. The zero-order valence-electron chi connectivity index (χ0n) is 19.7. The molecule has 176 valence electrons. The summed E-state index contributed by atoms with van der Waals surface area (Å²) < 4.78 is 12.4. The molecule has 2 aromatic rings. The molecule has 0 aliphatic heterocycles. The molecule has 0 heterocycles. The molecule has 0 aliphatic carbocycles. The van der Waals surface area contributed by atoms with Gasteiger partial charge in [-0.15, -0.1) is 0 Å². The van der Waals surface area contributed by atoms with Gasteiger partial charge in [0.1, 0.15) is 0 Å². The maximum atomic E-state index is 12.3. The molecule has 2 aromatic carbocycles. The van der Waals surface area contributed by atoms with Crippen molar-refractivity contribution in [1.29, 1.82) is 0 Å². The lowest BCUT2D eigenvalue weighted by molar-refractivity contribution is -0.118. The van der Waals surface area contributed by atoms with Crippen molar-refractivity contribution in [1.82, 2.24) is 10.2 Å². The van der Waals surface area contributed by atoms with E-state index in [2.05, 4.69) is 45.3 Å². The molecular formula is C25H36BrN3O3. The van der Waals surface area contributed by atoms with E-state index in [1.54, 1.807) is 0 Å². The van der Waals surface area contributed by atoms with Crippen molar-refractivity contribution in [2.45, 2.75) is 40.7 Å². The molecule has 0 fully saturated rings. The van der Waals surface area contributed by atoms with E-state index in [0.29, 0.717) is 18.1 Å². The van der Waals surface area contributed by atoms with Crippen molar-refractivity contribution < 1.29 is 14.3 Å². The minimum atomic E-state index is -0.220. The molecule has 0 aromatic heterocycles. The smallest absolute Gasteiger partial charge is 0.262 e. The summed E-state index contributed by atoms with van der Waals surface area (Å²) in [6.07, 6.45) is 1.11. The Labute approximate surface area is 200 Å². The zero-order chi connectivity index (χ0) is 23.3. The third-order valence-corrected chi connectivity index (χ3v) is 5.69. The molecule has 2 N–H and O–H groups in total. The molecule has 0 aliphatic rings. The second-order valence-electron chi connectivity index (χ2n) is 7.60. The van der Waals surface area contributed by atoms with Crippen LogP contribution in [0.15, 0.2) is 40.9 Å². The van der Waals surface area contributed by atoms with Gasteiger partial charge in [0.05, 0.1) is 11.1 Å². The van der Waals surface area contributed by atoms with Gasteiger partial charge in [0.2, 0.25) is 0 Å². The fourth-order valence-corrected chi connectivity index (χ4v) is 3.90. The van der Waals surface area contributed by atoms with E-state index in [1.807, 2.05) is 50.2 Å². The second kappa shape index (κ2) is 14.1. The second-order valence-corrected chi connectivity index (χ2v) is 8.45. The van der Waals surface area contributed by atoms with Crippen molar-refractivity contribution >= 4 is 27.5 Å². The average molecular weight is 506 g/mol. The van der Waals surface area contributed by atoms with Crippen molar-refractivity contribution in [3.8, 4) is 11.5 Å². The Morgan fingerprint density at radius 2 is 1.78 bits per heavy atom. The van der Waals surface area contributed by atoms with Crippen LogP contribution >= 0.6 is 15.9 Å². The minimum absolute atomic E-state index is 0.102. The van der Waals surface area contributed by atoms with Gasteiger partial charge in [0, 0.05) is 12.2 Å². The van der Waals surface area contributed by atoms with E-state index in [0.717, 1.165) is 60.4 Å². The molecular weight excluding hydrogens is 470 g/mol. The quantitative estimate of drug-likeness (QED) is 0.354. The predicted molar refractivity (Wildman–Crippen MR) is 135 cm³/mol. The molecule has 1 amide bonds. The van der Waals surface area contributed by atoms with Crippen LogP contribution in [0.1, 0.15) is 38.3 Å². The molecule has 7 heteroatoms. The SMILES string of the molecule is CCOc1cc(CNCCCN(CC)CC)cc(Br)c1OCC(=O)Nc1ccc(C)cc1. The van der Waals surface area contributed by atoms with E-state index in [-0.39, 0.29) is 12.5 Å². The number of aryl methyl sites for hydroxylation is 1. The summed E-state index contributed by atoms with van der Waals surface area (Å²) in [5.74, 6) is 0.947. The van der Waals surface area contributed by atoms with E-state index in [1.165, 1.54) is 0 Å². The lowest BCUT2D eigenvalue weighted by Gasteiger charge is -2.18. The van der Waals surface area contributed by atoms with Gasteiger partial charge in [-0.05, 0) is 92.2 Å². The summed E-state index contributed by atoms with van der Waals surface area (Å²) in [6.45, 7) is 13.7. The number of ether oxygens (including phenoxy) is 2. The summed E-state index contributed by atoms with van der Waals surface area (Å²) >= 11 is 3.58. The Bertz CT molecular complexity index is 839. The number of anilines is 1. The fraction of sp³-hybridized carbons (Fsp3) is 0.480. The first-order valence-corrected chi connectivity index (χ1v) is 12.1. The van der Waals surface area contributed by atoms with Gasteiger partial charge >= 0.3 is 0 Å². The molecule has 32 heavy (non-hydrogen) atoms. The predicted octanol–water partition coefficient (Wildman–Crippen LogP) is 5.00. The van der Waals surface area contributed by atoms with E-state index in [9.17, 15) is 4.79 Å². The number of carbonyl (C=O) groups is 1. The van der Waals surface area contributed by atoms with E-state index in [4.69, 9.17) is 9.47 Å². The number of halogens is 1. The van der Waals surface area contributed by atoms with Gasteiger partial charge in [-0.25, -0.2) is 0 Å². The van der Waals surface area contributed by atoms with Gasteiger partial charge in [0.15, 0.2) is 18.1 Å². The topological polar surface area (TPSA) is 62.8 Å². The number of hydrogen-bond donors (Lipinski definition) is 2. The van der Waals surface area contributed by atoms with Crippen LogP contribution in [0.2, 0.25) is 0 Å². The van der Waals surface area contributed by atoms with Crippen molar-refractivity contribution in [2.24, 2.45) is 0 Å². The Morgan fingerprint density at radius 1 is 1.06 bits per heavy atom. The first-order valence-electron chi connectivity index (χ1n) is 11.3. The molecule has 0 unspecified atom stereocenters. The number of rotatable bonds is 14. The molecule has 0 atom stereocenters. The minimum Gasteiger partial charge on any atom is -0.490 e. The first-order chi connectivity index (χ1) is 15.5. The highest BCUT2D eigenvalue weighted by Crippen LogP contribution is 2.37. The number of carbonyl (C=O) groups excluding carboxylic acids is 1. The van der Waals surface area contributed by atoms with Crippen LogP contribution in [0.4, 0.5) is 5.69 Å². The average Bonchev–Trinajstić information content (AvgIpc) is 2.77. The molecule has 0 saturated carbocycles. The summed E-state index contributed by atoms with van der Waals surface area (Å²) in [5, 5.41) is 6.34. The van der Waals surface area contributed by atoms with Gasteiger partial charge in [-0.2, -0.15) is 0 Å². The number of benzene rings is 2. The standard InChI is InChI=1S/C25H36BrN3O3/c1-5-29(6-2)14-8-13-27-17-20-15-22(26)25(23(16-20)31-7-3)32-18-24(30)28-21-11-9-19(4)10-12-21/h9-12,15-16,27H,5-8,13-14,17-18H2,1-4H3,(H,28,30). The molecule has 6 nitrogen and oxygen atoms in total. The molecule has 0 saturated heterocycles. The Morgan fingerprint density at radius 3 is 2.44 bits per heavy atom. The largest absolute Gasteiger partial charge is 0.490 e. The van der Waals surface area contributed by atoms with Gasteiger partial charge in [-0.3, -0.25) is 4.79 Å². The number of nitrogens with zero attached hydrogens (tertiary/aromatic N) is 1. The summed E-state index contributed by atoms with van der Waals surface area (Å²) in [5.41, 5.74) is 2.98. The Balaban J connectivity index is 1.91. The molecule has 0 bridgehead atoms. The monoisotopic (exact) mass is 505 g/mol. The number of amides is 1. The number of hydrogen-bond acceptors (Lipinski definition) is 5. The van der Waals surface area contributed by atoms with Gasteiger partial charge in [-0.1, -0.05) is 31.5 Å². The highest BCUT2D eigenvalue weighted by atomic mass is 79.9. The maximum absolute atomic E-state index is 12.3. The summed E-state index contributed by atoms with van der Waals surface area (Å²) in [7, 11) is 0. The highest BCUT2D eigenvalue weighted by molar-refractivity contribution is 9.10. The molecule has 2 rings (SSSR count). The van der Waals surface area contributed by atoms with Gasteiger partial charge in [0.25, 0.3) is 5.91 Å². The Hall–Kier alpha value is -2.09. The molecule has 0 spiro atoms. The molecule has 0 radical (unpaired) electrons. The fourth-order valence-electron chi connectivity index (χ4n) is 3.30. The van der Waals surface area contributed by atoms with Crippen molar-refractivity contribution in [2.75, 3.05) is 44.7 Å². The van der Waals surface area contributed by atoms with Crippen molar-refractivity contribution in [3.05, 3.63) is 52.0 Å². The van der Waals surface area contributed by atoms with E-state index >= 15 is 0 Å². The van der Waals surface area contributed by atoms with Crippen LogP contribution in [-0.4, -0.2) is 50.2 Å². The summed E-state index contributed by atoms with van der Waals surface area (Å²) in [4.78, 5) is 14.7. The van der Waals surface area contributed by atoms with Crippen LogP contribution in [0, 0.1) is 6.92 Å². The van der Waals surface area contributed by atoms with Crippen molar-refractivity contribution in [3.63, 3.8) is 0 Å². The zero-order valence-corrected chi connectivity index (χ0v) is 21.3.